The molecule has 0 saturated heterocycles. The molecule has 1 nitrogen and oxygen atoms in total. The first kappa shape index (κ1) is 11.1. The molecule has 0 aliphatic heterocycles. The second-order valence-electron chi connectivity index (χ2n) is 2.94. The lowest BCUT2D eigenvalue weighted by Crippen LogP contribution is -2.14. The zero-order valence-corrected chi connectivity index (χ0v) is 10.1. The molecular formula is C10H14BrNS. The third-order valence-electron chi connectivity index (χ3n) is 1.97. The molecule has 0 aromatic heterocycles. The summed E-state index contributed by atoms with van der Waals surface area (Å²) < 4.78 is 1.13. The standard InChI is InChI=1S/C10H14BrNS/c1-13-7-9(6-12)8-3-2-4-10(11)5-8/h2-5,9H,6-7,12H2,1H3. The van der Waals surface area contributed by atoms with Crippen LogP contribution in [-0.4, -0.2) is 18.6 Å². The van der Waals surface area contributed by atoms with Gasteiger partial charge in [0, 0.05) is 16.1 Å². The van der Waals surface area contributed by atoms with Gasteiger partial charge in [-0.2, -0.15) is 11.8 Å². The van der Waals surface area contributed by atoms with E-state index >= 15 is 0 Å². The number of hydrogen-bond acceptors (Lipinski definition) is 2. The highest BCUT2D eigenvalue weighted by Gasteiger charge is 2.08. The van der Waals surface area contributed by atoms with Gasteiger partial charge in [-0.15, -0.1) is 0 Å². The molecule has 1 aromatic carbocycles. The van der Waals surface area contributed by atoms with Gasteiger partial charge in [0.05, 0.1) is 0 Å². The molecule has 0 heterocycles. The highest BCUT2D eigenvalue weighted by Crippen LogP contribution is 2.21. The van der Waals surface area contributed by atoms with E-state index < -0.39 is 0 Å². The minimum Gasteiger partial charge on any atom is -0.330 e. The predicted molar refractivity (Wildman–Crippen MR) is 64.3 cm³/mol. The van der Waals surface area contributed by atoms with Crippen molar-refractivity contribution in [2.75, 3.05) is 18.6 Å². The Labute approximate surface area is 92.2 Å². The normalized spacial score (nSPS) is 12.8. The molecule has 0 fully saturated rings. The molecular weight excluding hydrogens is 246 g/mol. The summed E-state index contributed by atoms with van der Waals surface area (Å²) in [6.07, 6.45) is 2.11. The second kappa shape index (κ2) is 5.68. The van der Waals surface area contributed by atoms with E-state index in [1.807, 2.05) is 17.8 Å². The van der Waals surface area contributed by atoms with E-state index in [0.717, 1.165) is 16.8 Å². The number of rotatable bonds is 4. The van der Waals surface area contributed by atoms with Crippen LogP contribution in [0.3, 0.4) is 0 Å². The first-order chi connectivity index (χ1) is 6.27. The smallest absolute Gasteiger partial charge is 0.0178 e. The van der Waals surface area contributed by atoms with Crippen molar-refractivity contribution in [1.29, 1.82) is 0 Å². The first-order valence-corrected chi connectivity index (χ1v) is 6.41. The van der Waals surface area contributed by atoms with E-state index in [-0.39, 0.29) is 0 Å². The van der Waals surface area contributed by atoms with E-state index in [4.69, 9.17) is 5.73 Å². The number of nitrogens with two attached hydrogens (primary N) is 1. The van der Waals surface area contributed by atoms with Crippen LogP contribution >= 0.6 is 27.7 Å². The van der Waals surface area contributed by atoms with Gasteiger partial charge in [-0.25, -0.2) is 0 Å². The molecule has 1 atom stereocenters. The third-order valence-corrected chi connectivity index (χ3v) is 3.20. The molecule has 1 aromatic rings. The molecule has 1 unspecified atom stereocenters. The van der Waals surface area contributed by atoms with Crippen LogP contribution < -0.4 is 5.73 Å². The summed E-state index contributed by atoms with van der Waals surface area (Å²) in [5, 5.41) is 0. The van der Waals surface area contributed by atoms with E-state index in [0.29, 0.717) is 5.92 Å². The van der Waals surface area contributed by atoms with Crippen molar-refractivity contribution in [3.05, 3.63) is 34.3 Å². The van der Waals surface area contributed by atoms with E-state index in [1.165, 1.54) is 5.56 Å². The van der Waals surface area contributed by atoms with Crippen LogP contribution in [0.2, 0.25) is 0 Å². The fraction of sp³-hybridized carbons (Fsp3) is 0.400. The second-order valence-corrected chi connectivity index (χ2v) is 4.77. The molecule has 0 saturated carbocycles. The van der Waals surface area contributed by atoms with Gasteiger partial charge in [0.15, 0.2) is 0 Å². The van der Waals surface area contributed by atoms with Gasteiger partial charge in [0.25, 0.3) is 0 Å². The lowest BCUT2D eigenvalue weighted by molar-refractivity contribution is 0.785. The average Bonchev–Trinajstić information content (AvgIpc) is 2.14. The van der Waals surface area contributed by atoms with Gasteiger partial charge in [0.2, 0.25) is 0 Å². The van der Waals surface area contributed by atoms with Gasteiger partial charge in [-0.3, -0.25) is 0 Å². The topological polar surface area (TPSA) is 26.0 Å². The van der Waals surface area contributed by atoms with Crippen LogP contribution in [0, 0.1) is 0 Å². The molecule has 3 heteroatoms. The van der Waals surface area contributed by atoms with Crippen LogP contribution in [0.15, 0.2) is 28.7 Å². The third kappa shape index (κ3) is 3.33. The Bertz CT molecular complexity index is 265. The highest BCUT2D eigenvalue weighted by atomic mass is 79.9. The first-order valence-electron chi connectivity index (χ1n) is 4.22. The maximum atomic E-state index is 5.71. The summed E-state index contributed by atoms with van der Waals surface area (Å²) in [6.45, 7) is 0.720. The van der Waals surface area contributed by atoms with E-state index in [2.05, 4.69) is 40.4 Å². The van der Waals surface area contributed by atoms with Crippen molar-refractivity contribution >= 4 is 27.7 Å². The minimum atomic E-state index is 0.479. The Balaban J connectivity index is 2.78. The minimum absolute atomic E-state index is 0.479. The molecule has 0 spiro atoms. The van der Waals surface area contributed by atoms with Gasteiger partial charge >= 0.3 is 0 Å². The Morgan fingerprint density at radius 1 is 1.54 bits per heavy atom. The Kier molecular flexibility index (Phi) is 4.84. The lowest BCUT2D eigenvalue weighted by atomic mass is 10.0. The maximum Gasteiger partial charge on any atom is 0.0178 e. The Morgan fingerprint density at radius 2 is 2.31 bits per heavy atom. The molecule has 13 heavy (non-hydrogen) atoms. The van der Waals surface area contributed by atoms with Crippen molar-refractivity contribution < 1.29 is 0 Å². The van der Waals surface area contributed by atoms with Crippen LogP contribution in [0.1, 0.15) is 11.5 Å². The average molecular weight is 260 g/mol. The molecule has 2 N–H and O–H groups in total. The molecule has 0 radical (unpaired) electrons. The molecule has 0 amide bonds. The van der Waals surface area contributed by atoms with Crippen LogP contribution in [0.5, 0.6) is 0 Å². The van der Waals surface area contributed by atoms with E-state index in [9.17, 15) is 0 Å². The lowest BCUT2D eigenvalue weighted by Gasteiger charge is -2.13. The van der Waals surface area contributed by atoms with Gasteiger partial charge < -0.3 is 5.73 Å². The summed E-state index contributed by atoms with van der Waals surface area (Å²) in [5.74, 6) is 1.57. The Hall–Kier alpha value is 0.01000. The maximum absolute atomic E-state index is 5.71. The number of halogens is 1. The number of thioether (sulfide) groups is 1. The quantitative estimate of drug-likeness (QED) is 0.900. The van der Waals surface area contributed by atoms with Crippen molar-refractivity contribution in [2.24, 2.45) is 5.73 Å². The number of benzene rings is 1. The summed E-state index contributed by atoms with van der Waals surface area (Å²) in [5.41, 5.74) is 7.04. The molecule has 0 aliphatic rings. The summed E-state index contributed by atoms with van der Waals surface area (Å²) >= 11 is 5.30. The monoisotopic (exact) mass is 259 g/mol. The summed E-state index contributed by atoms with van der Waals surface area (Å²) in [7, 11) is 0. The van der Waals surface area contributed by atoms with Gasteiger partial charge in [0.1, 0.15) is 0 Å². The largest absolute Gasteiger partial charge is 0.330 e. The van der Waals surface area contributed by atoms with Crippen LogP contribution in [-0.2, 0) is 0 Å². The number of hydrogen-bond donors (Lipinski definition) is 1. The van der Waals surface area contributed by atoms with Crippen molar-refractivity contribution in [3.8, 4) is 0 Å². The SMILES string of the molecule is CSCC(CN)c1cccc(Br)c1. The van der Waals surface area contributed by atoms with Crippen LogP contribution in [0.25, 0.3) is 0 Å². The summed E-state index contributed by atoms with van der Waals surface area (Å²) in [4.78, 5) is 0. The zero-order chi connectivity index (χ0) is 9.68. The fourth-order valence-electron chi connectivity index (χ4n) is 1.26. The molecule has 1 rings (SSSR count). The molecule has 72 valence electrons. The van der Waals surface area contributed by atoms with E-state index in [1.54, 1.807) is 0 Å². The Morgan fingerprint density at radius 3 is 2.85 bits per heavy atom. The van der Waals surface area contributed by atoms with Gasteiger partial charge in [-0.1, -0.05) is 28.1 Å². The zero-order valence-electron chi connectivity index (χ0n) is 7.66. The van der Waals surface area contributed by atoms with Crippen LogP contribution in [0.4, 0.5) is 0 Å². The van der Waals surface area contributed by atoms with Crippen molar-refractivity contribution in [3.63, 3.8) is 0 Å². The fourth-order valence-corrected chi connectivity index (χ4v) is 2.41. The van der Waals surface area contributed by atoms with Gasteiger partial charge in [-0.05, 0) is 30.5 Å². The summed E-state index contributed by atoms with van der Waals surface area (Å²) in [6, 6.07) is 8.38. The van der Waals surface area contributed by atoms with Crippen molar-refractivity contribution in [1.82, 2.24) is 0 Å². The molecule has 0 bridgehead atoms. The highest BCUT2D eigenvalue weighted by molar-refractivity contribution is 9.10. The predicted octanol–water partition coefficient (Wildman–Crippen LogP) is 2.85. The van der Waals surface area contributed by atoms with Crippen molar-refractivity contribution in [2.45, 2.75) is 5.92 Å². The molecule has 0 aliphatic carbocycles.